The summed E-state index contributed by atoms with van der Waals surface area (Å²) in [5, 5.41) is 2.60. The van der Waals surface area contributed by atoms with Gasteiger partial charge in [0.05, 0.1) is 34.4 Å². The molecule has 37 heavy (non-hydrogen) atoms. The number of amides is 2. The van der Waals surface area contributed by atoms with Crippen LogP contribution in [0.5, 0.6) is 0 Å². The SMILES string of the molecule is CC(C)OC(C)(C)CC(C)(C)C(=O)OCC12c3ccccc3C3C4C(=O)NC(=O)C4C31c1ccccc12. The summed E-state index contributed by atoms with van der Waals surface area (Å²) in [6, 6.07) is 16.3. The number of carbonyl (C=O) groups is 3. The quantitative estimate of drug-likeness (QED) is 0.450. The van der Waals surface area contributed by atoms with Crippen LogP contribution in [0.1, 0.15) is 76.1 Å². The highest BCUT2D eigenvalue weighted by Crippen LogP contribution is 2.82. The lowest BCUT2D eigenvalue weighted by Gasteiger charge is -2.68. The predicted molar refractivity (Wildman–Crippen MR) is 138 cm³/mol. The van der Waals surface area contributed by atoms with Crippen molar-refractivity contribution in [2.24, 2.45) is 17.3 Å². The molecule has 1 spiro atoms. The maximum atomic E-state index is 13.6. The van der Waals surface area contributed by atoms with Crippen LogP contribution in [0, 0.1) is 17.3 Å². The second-order valence-corrected chi connectivity index (χ2v) is 12.8. The van der Waals surface area contributed by atoms with Crippen molar-refractivity contribution in [3.05, 3.63) is 70.8 Å². The minimum absolute atomic E-state index is 0.0470. The summed E-state index contributed by atoms with van der Waals surface area (Å²) < 4.78 is 12.3. The molecule has 4 aliphatic rings. The number of ether oxygens (including phenoxy) is 2. The molecule has 1 heterocycles. The van der Waals surface area contributed by atoms with Crippen molar-refractivity contribution in [1.82, 2.24) is 5.32 Å². The lowest BCUT2D eigenvalue weighted by molar-refractivity contribution is -0.167. The fourth-order valence-electron chi connectivity index (χ4n) is 8.68. The summed E-state index contributed by atoms with van der Waals surface area (Å²) in [5.41, 5.74) is 1.84. The van der Waals surface area contributed by atoms with E-state index in [0.29, 0.717) is 6.42 Å². The standard InChI is InChI=1S/C31H35NO5/c1-17(2)37-29(5,6)15-28(3,4)27(35)36-16-30-19-12-8-7-11-18(19)23-22-24(26(34)32-25(22)33)31(23,30)21-14-10-9-13-20(21)30/h7-14,17,22-24H,15-16H2,1-6H3,(H,32,33,34). The molecule has 1 saturated heterocycles. The fraction of sp³-hybridized carbons (Fsp3) is 0.516. The summed E-state index contributed by atoms with van der Waals surface area (Å²) >= 11 is 0. The van der Waals surface area contributed by atoms with Gasteiger partial charge in [0.15, 0.2) is 0 Å². The van der Waals surface area contributed by atoms with Crippen LogP contribution >= 0.6 is 0 Å². The summed E-state index contributed by atoms with van der Waals surface area (Å²) in [6.45, 7) is 11.9. The van der Waals surface area contributed by atoms with E-state index in [4.69, 9.17) is 9.47 Å². The molecule has 6 heteroatoms. The molecular formula is C31H35NO5. The van der Waals surface area contributed by atoms with Crippen molar-refractivity contribution < 1.29 is 23.9 Å². The maximum Gasteiger partial charge on any atom is 0.311 e. The Balaban J connectivity index is 1.40. The van der Waals surface area contributed by atoms with Crippen LogP contribution in [0.25, 0.3) is 0 Å². The minimum Gasteiger partial charge on any atom is -0.464 e. The second-order valence-electron chi connectivity index (χ2n) is 12.8. The number of hydrogen-bond donors (Lipinski definition) is 1. The zero-order chi connectivity index (χ0) is 26.5. The van der Waals surface area contributed by atoms with Gasteiger partial charge >= 0.3 is 5.97 Å². The van der Waals surface area contributed by atoms with Crippen LogP contribution in [0.15, 0.2) is 48.5 Å². The molecule has 0 aromatic heterocycles. The normalized spacial score (nSPS) is 30.8. The lowest BCUT2D eigenvalue weighted by Crippen LogP contribution is -2.73. The molecule has 2 aromatic rings. The van der Waals surface area contributed by atoms with Gasteiger partial charge in [0, 0.05) is 11.3 Å². The van der Waals surface area contributed by atoms with Gasteiger partial charge in [0.2, 0.25) is 11.8 Å². The Bertz CT molecular complexity index is 1340. The van der Waals surface area contributed by atoms with Crippen LogP contribution in [0.3, 0.4) is 0 Å². The molecule has 6 nitrogen and oxygen atoms in total. The van der Waals surface area contributed by atoms with Crippen LogP contribution in [-0.2, 0) is 34.7 Å². The Morgan fingerprint density at radius 2 is 1.54 bits per heavy atom. The number of carbonyl (C=O) groups excluding carboxylic acids is 3. The van der Waals surface area contributed by atoms with Crippen LogP contribution in [0.4, 0.5) is 0 Å². The third-order valence-electron chi connectivity index (χ3n) is 9.22. The lowest BCUT2D eigenvalue weighted by atomic mass is 9.32. The molecule has 5 unspecified atom stereocenters. The van der Waals surface area contributed by atoms with Crippen molar-refractivity contribution in [3.8, 4) is 0 Å². The van der Waals surface area contributed by atoms with Crippen molar-refractivity contribution in [3.63, 3.8) is 0 Å². The first-order valence-corrected chi connectivity index (χ1v) is 13.3. The third-order valence-corrected chi connectivity index (χ3v) is 9.22. The highest BCUT2D eigenvalue weighted by atomic mass is 16.5. The fourth-order valence-corrected chi connectivity index (χ4v) is 8.68. The Hall–Kier alpha value is -2.99. The number of nitrogens with one attached hydrogen (secondary N) is 1. The van der Waals surface area contributed by atoms with Gasteiger partial charge < -0.3 is 9.47 Å². The van der Waals surface area contributed by atoms with Crippen LogP contribution in [0.2, 0.25) is 0 Å². The smallest absolute Gasteiger partial charge is 0.311 e. The number of rotatable bonds is 7. The molecule has 194 valence electrons. The van der Waals surface area contributed by atoms with E-state index < -0.39 is 27.8 Å². The Morgan fingerprint density at radius 3 is 2.22 bits per heavy atom. The number of esters is 1. The average Bonchev–Trinajstić information content (AvgIpc) is 3.11. The number of fused-ring (bicyclic) bond motifs is 7. The van der Waals surface area contributed by atoms with Crippen LogP contribution < -0.4 is 5.32 Å². The largest absolute Gasteiger partial charge is 0.464 e. The molecule has 2 amide bonds. The summed E-state index contributed by atoms with van der Waals surface area (Å²) in [4.78, 5) is 39.6. The number of hydrogen-bond acceptors (Lipinski definition) is 5. The van der Waals surface area contributed by atoms with Crippen molar-refractivity contribution >= 4 is 17.8 Å². The molecule has 3 aliphatic carbocycles. The van der Waals surface area contributed by atoms with Gasteiger partial charge in [-0.05, 0) is 70.2 Å². The third kappa shape index (κ3) is 2.88. The van der Waals surface area contributed by atoms with E-state index in [1.165, 1.54) is 0 Å². The van der Waals surface area contributed by atoms with Crippen LogP contribution in [-0.4, -0.2) is 36.1 Å². The zero-order valence-corrected chi connectivity index (χ0v) is 22.4. The summed E-state index contributed by atoms with van der Waals surface area (Å²) in [6.07, 6.45) is 0.554. The minimum atomic E-state index is -0.772. The Labute approximate surface area is 218 Å². The molecule has 5 atom stereocenters. The first kappa shape index (κ1) is 24.4. The average molecular weight is 502 g/mol. The molecule has 6 rings (SSSR count). The maximum absolute atomic E-state index is 13.6. The number of benzene rings is 2. The van der Waals surface area contributed by atoms with E-state index in [2.05, 4.69) is 29.6 Å². The molecule has 0 radical (unpaired) electrons. The molecular weight excluding hydrogens is 466 g/mol. The van der Waals surface area contributed by atoms with Gasteiger partial charge in [-0.2, -0.15) is 0 Å². The molecule has 2 fully saturated rings. The van der Waals surface area contributed by atoms with E-state index in [1.54, 1.807) is 0 Å². The molecule has 1 N–H and O–H groups in total. The molecule has 2 aromatic carbocycles. The molecule has 1 aliphatic heterocycles. The Kier molecular flexibility index (Phi) is 4.96. The van der Waals surface area contributed by atoms with Crippen molar-refractivity contribution in [1.29, 1.82) is 0 Å². The van der Waals surface area contributed by atoms with E-state index >= 15 is 0 Å². The first-order valence-electron chi connectivity index (χ1n) is 13.3. The van der Waals surface area contributed by atoms with Gasteiger partial charge in [-0.15, -0.1) is 0 Å². The van der Waals surface area contributed by atoms with Gasteiger partial charge in [-0.25, -0.2) is 0 Å². The monoisotopic (exact) mass is 501 g/mol. The summed E-state index contributed by atoms with van der Waals surface area (Å²) in [7, 11) is 0. The molecule has 1 saturated carbocycles. The van der Waals surface area contributed by atoms with Gasteiger partial charge in [0.25, 0.3) is 0 Å². The van der Waals surface area contributed by atoms with E-state index in [-0.39, 0.29) is 42.3 Å². The first-order chi connectivity index (χ1) is 17.4. The van der Waals surface area contributed by atoms with Crippen molar-refractivity contribution in [2.75, 3.05) is 6.61 Å². The van der Waals surface area contributed by atoms with Gasteiger partial charge in [0.1, 0.15) is 6.61 Å². The van der Waals surface area contributed by atoms with E-state index in [1.807, 2.05) is 65.8 Å². The topological polar surface area (TPSA) is 81.7 Å². The summed E-state index contributed by atoms with van der Waals surface area (Å²) in [5.74, 6) is -1.64. The van der Waals surface area contributed by atoms with E-state index in [0.717, 1.165) is 22.3 Å². The predicted octanol–water partition coefficient (Wildman–Crippen LogP) is 4.39. The van der Waals surface area contributed by atoms with Crippen molar-refractivity contribution in [2.45, 2.75) is 76.4 Å². The van der Waals surface area contributed by atoms with E-state index in [9.17, 15) is 14.4 Å². The Morgan fingerprint density at radius 1 is 0.919 bits per heavy atom. The highest BCUT2D eigenvalue weighted by molar-refractivity contribution is 6.10. The number of imide groups is 1. The molecule has 0 bridgehead atoms. The highest BCUT2D eigenvalue weighted by Gasteiger charge is 2.86. The van der Waals surface area contributed by atoms with Gasteiger partial charge in [-0.1, -0.05) is 48.5 Å². The zero-order valence-electron chi connectivity index (χ0n) is 22.4. The van der Waals surface area contributed by atoms with Gasteiger partial charge in [-0.3, -0.25) is 19.7 Å². The second kappa shape index (κ2) is 7.53.